The first-order valence-corrected chi connectivity index (χ1v) is 10.7. The predicted octanol–water partition coefficient (Wildman–Crippen LogP) is 3.72. The van der Waals surface area contributed by atoms with Gasteiger partial charge in [0.2, 0.25) is 0 Å². The van der Waals surface area contributed by atoms with Crippen LogP contribution in [0.4, 0.5) is 5.69 Å². The van der Waals surface area contributed by atoms with Crippen LogP contribution >= 0.6 is 0 Å². The topological polar surface area (TPSA) is 92.9 Å². The summed E-state index contributed by atoms with van der Waals surface area (Å²) in [6.07, 6.45) is 3.20. The molecule has 7 nitrogen and oxygen atoms in total. The fourth-order valence-corrected chi connectivity index (χ4v) is 4.24. The molecule has 8 heteroatoms. The maximum absolute atomic E-state index is 12.7. The van der Waals surface area contributed by atoms with Crippen molar-refractivity contribution in [2.45, 2.75) is 37.5 Å². The average molecular weight is 401 g/mol. The fourth-order valence-electron chi connectivity index (χ4n) is 3.17. The Bertz CT molecular complexity index is 968. The Morgan fingerprint density at radius 3 is 2.39 bits per heavy atom. The van der Waals surface area contributed by atoms with E-state index in [-0.39, 0.29) is 10.6 Å². The molecule has 0 spiro atoms. The highest BCUT2D eigenvalue weighted by Crippen LogP contribution is 2.19. The molecule has 2 aromatic rings. The molecular formula is C20H23N3O4S. The zero-order chi connectivity index (χ0) is 20.1. The highest BCUT2D eigenvalue weighted by molar-refractivity contribution is 7.90. The lowest BCUT2D eigenvalue weighted by atomic mass is 10.1. The van der Waals surface area contributed by atoms with Crippen LogP contribution in [0.5, 0.6) is 0 Å². The fraction of sp³-hybridized carbons (Fsp3) is 0.350. The summed E-state index contributed by atoms with van der Waals surface area (Å²) in [7, 11) is -3.74. The third-order valence-corrected chi connectivity index (χ3v) is 6.12. The van der Waals surface area contributed by atoms with Gasteiger partial charge in [0.05, 0.1) is 9.82 Å². The minimum atomic E-state index is -3.74. The lowest BCUT2D eigenvalue weighted by molar-refractivity contribution is -0.384. The molecule has 1 fully saturated rings. The van der Waals surface area contributed by atoms with E-state index in [1.165, 1.54) is 12.1 Å². The van der Waals surface area contributed by atoms with E-state index in [9.17, 15) is 18.5 Å². The van der Waals surface area contributed by atoms with E-state index < -0.39 is 14.9 Å². The Balaban J connectivity index is 1.73. The first kappa shape index (κ1) is 20.0. The number of sulfonamides is 1. The SMILES string of the molecule is Cc1ccc(S(=O)(=O)/N=C2/CCCCN2CCc2ccc([N+](=O)[O-])cc2)cc1. The van der Waals surface area contributed by atoms with Crippen LogP contribution in [0, 0.1) is 17.0 Å². The summed E-state index contributed by atoms with van der Waals surface area (Å²) >= 11 is 0. The Kier molecular flexibility index (Phi) is 6.08. The number of benzene rings is 2. The highest BCUT2D eigenvalue weighted by atomic mass is 32.2. The number of non-ortho nitro benzene ring substituents is 1. The van der Waals surface area contributed by atoms with E-state index in [0.29, 0.717) is 25.2 Å². The molecule has 1 aliphatic heterocycles. The number of piperidine rings is 1. The zero-order valence-electron chi connectivity index (χ0n) is 15.7. The van der Waals surface area contributed by atoms with E-state index in [4.69, 9.17) is 0 Å². The maximum Gasteiger partial charge on any atom is 0.283 e. The number of nitro groups is 1. The highest BCUT2D eigenvalue weighted by Gasteiger charge is 2.21. The first-order chi connectivity index (χ1) is 13.3. The molecule has 1 aliphatic rings. The van der Waals surface area contributed by atoms with Crippen molar-refractivity contribution in [3.8, 4) is 0 Å². The molecule has 0 atom stereocenters. The van der Waals surface area contributed by atoms with Crippen LogP contribution in [0.2, 0.25) is 0 Å². The van der Waals surface area contributed by atoms with Crippen molar-refractivity contribution in [3.05, 3.63) is 69.8 Å². The van der Waals surface area contributed by atoms with Crippen molar-refractivity contribution in [1.29, 1.82) is 0 Å². The van der Waals surface area contributed by atoms with Crippen LogP contribution in [0.15, 0.2) is 57.8 Å². The normalized spacial score (nSPS) is 16.3. The van der Waals surface area contributed by atoms with Gasteiger partial charge in [-0.15, -0.1) is 4.40 Å². The number of rotatable bonds is 6. The van der Waals surface area contributed by atoms with E-state index in [2.05, 4.69) is 4.40 Å². The third-order valence-electron chi connectivity index (χ3n) is 4.81. The van der Waals surface area contributed by atoms with Crippen molar-refractivity contribution < 1.29 is 13.3 Å². The standard InChI is InChI=1S/C20H23N3O4S/c1-16-5-11-19(12-6-16)28(26,27)21-20-4-2-3-14-22(20)15-13-17-7-9-18(10-8-17)23(24)25/h5-12H,2-4,13-15H2,1H3/b21-20-. The summed E-state index contributed by atoms with van der Waals surface area (Å²) in [5.41, 5.74) is 2.03. The van der Waals surface area contributed by atoms with Gasteiger partial charge in [0, 0.05) is 31.6 Å². The predicted molar refractivity (Wildman–Crippen MR) is 108 cm³/mol. The van der Waals surface area contributed by atoms with Crippen LogP contribution < -0.4 is 0 Å². The van der Waals surface area contributed by atoms with Crippen molar-refractivity contribution in [2.75, 3.05) is 13.1 Å². The molecule has 0 bridgehead atoms. The molecule has 28 heavy (non-hydrogen) atoms. The molecule has 0 unspecified atom stereocenters. The molecule has 1 heterocycles. The quantitative estimate of drug-likeness (QED) is 0.543. The van der Waals surface area contributed by atoms with Crippen LogP contribution in [0.1, 0.15) is 30.4 Å². The molecule has 0 radical (unpaired) electrons. The molecule has 2 aromatic carbocycles. The van der Waals surface area contributed by atoms with Crippen molar-refractivity contribution >= 4 is 21.5 Å². The van der Waals surface area contributed by atoms with Gasteiger partial charge >= 0.3 is 0 Å². The Hall–Kier alpha value is -2.74. The summed E-state index contributed by atoms with van der Waals surface area (Å²) in [6.45, 7) is 3.29. The maximum atomic E-state index is 12.7. The third kappa shape index (κ3) is 4.95. The lowest BCUT2D eigenvalue weighted by Gasteiger charge is -2.30. The van der Waals surface area contributed by atoms with Gasteiger partial charge in [-0.2, -0.15) is 8.42 Å². The summed E-state index contributed by atoms with van der Waals surface area (Å²) in [6, 6.07) is 13.1. The molecule has 1 saturated heterocycles. The monoisotopic (exact) mass is 401 g/mol. The van der Waals surface area contributed by atoms with Crippen molar-refractivity contribution in [2.24, 2.45) is 4.40 Å². The molecular weight excluding hydrogens is 378 g/mol. The van der Waals surface area contributed by atoms with Crippen LogP contribution in [-0.4, -0.2) is 37.2 Å². The van der Waals surface area contributed by atoms with E-state index in [0.717, 1.165) is 30.5 Å². The van der Waals surface area contributed by atoms with Gasteiger partial charge in [0.15, 0.2) is 0 Å². The largest absolute Gasteiger partial charge is 0.359 e. The second-order valence-electron chi connectivity index (χ2n) is 6.91. The van der Waals surface area contributed by atoms with Gasteiger partial charge in [-0.05, 0) is 43.9 Å². The zero-order valence-corrected chi connectivity index (χ0v) is 16.6. The molecule has 0 amide bonds. The van der Waals surface area contributed by atoms with Crippen molar-refractivity contribution in [1.82, 2.24) is 4.90 Å². The van der Waals surface area contributed by atoms with Gasteiger partial charge < -0.3 is 4.90 Å². The number of hydrogen-bond donors (Lipinski definition) is 0. The molecule has 0 N–H and O–H groups in total. The van der Waals surface area contributed by atoms with Crippen LogP contribution in [0.25, 0.3) is 0 Å². The number of nitro benzene ring substituents is 1. The minimum absolute atomic E-state index is 0.0631. The molecule has 0 saturated carbocycles. The Morgan fingerprint density at radius 2 is 1.75 bits per heavy atom. The molecule has 148 valence electrons. The van der Waals surface area contributed by atoms with E-state index >= 15 is 0 Å². The smallest absolute Gasteiger partial charge is 0.283 e. The van der Waals surface area contributed by atoms with Gasteiger partial charge in [-0.25, -0.2) is 0 Å². The van der Waals surface area contributed by atoms with E-state index in [1.54, 1.807) is 36.4 Å². The number of nitrogens with zero attached hydrogens (tertiary/aromatic N) is 3. The number of hydrogen-bond acceptors (Lipinski definition) is 4. The average Bonchev–Trinajstić information content (AvgIpc) is 2.68. The van der Waals surface area contributed by atoms with Gasteiger partial charge in [-0.1, -0.05) is 29.8 Å². The summed E-state index contributed by atoms with van der Waals surface area (Å²) in [5, 5.41) is 10.8. The van der Waals surface area contributed by atoms with Crippen LogP contribution in [-0.2, 0) is 16.4 Å². The summed E-state index contributed by atoms with van der Waals surface area (Å²) in [4.78, 5) is 12.5. The Labute approximate surface area is 164 Å². The number of amidine groups is 1. The summed E-state index contributed by atoms with van der Waals surface area (Å²) < 4.78 is 29.4. The Morgan fingerprint density at radius 1 is 1.07 bits per heavy atom. The first-order valence-electron chi connectivity index (χ1n) is 9.24. The second-order valence-corrected chi connectivity index (χ2v) is 8.52. The van der Waals surface area contributed by atoms with E-state index in [1.807, 2.05) is 11.8 Å². The number of likely N-dealkylation sites (tertiary alicyclic amines) is 1. The second kappa shape index (κ2) is 8.52. The molecule has 0 aliphatic carbocycles. The molecule has 3 rings (SSSR count). The van der Waals surface area contributed by atoms with Gasteiger partial charge in [0.25, 0.3) is 15.7 Å². The molecule has 0 aromatic heterocycles. The summed E-state index contributed by atoms with van der Waals surface area (Å²) in [5.74, 6) is 0.591. The van der Waals surface area contributed by atoms with Crippen molar-refractivity contribution in [3.63, 3.8) is 0 Å². The van der Waals surface area contributed by atoms with Crippen LogP contribution in [0.3, 0.4) is 0 Å². The van der Waals surface area contributed by atoms with Gasteiger partial charge in [-0.3, -0.25) is 10.1 Å². The minimum Gasteiger partial charge on any atom is -0.359 e. The number of aryl methyl sites for hydroxylation is 1. The lowest BCUT2D eigenvalue weighted by Crippen LogP contribution is -2.37. The van der Waals surface area contributed by atoms with Gasteiger partial charge in [0.1, 0.15) is 5.84 Å².